The summed E-state index contributed by atoms with van der Waals surface area (Å²) in [5.41, 5.74) is -0.420. The molecule has 0 bridgehead atoms. The number of nitrogens with one attached hydrogen (secondary N) is 1. The van der Waals surface area contributed by atoms with Crippen LogP contribution in [0.5, 0.6) is 0 Å². The third-order valence-electron chi connectivity index (χ3n) is 3.79. The number of hydrogen-bond acceptors (Lipinski definition) is 5. The van der Waals surface area contributed by atoms with Crippen molar-refractivity contribution in [2.45, 2.75) is 51.6 Å². The maximum absolute atomic E-state index is 9.42. The van der Waals surface area contributed by atoms with Gasteiger partial charge < -0.3 is 9.47 Å². The molecule has 1 saturated carbocycles. The molecule has 5 nitrogen and oxygen atoms in total. The minimum Gasteiger partial charge on any atom is -0.380 e. The molecule has 0 spiro atoms. The molecule has 0 saturated heterocycles. The first kappa shape index (κ1) is 18.4. The summed E-state index contributed by atoms with van der Waals surface area (Å²) in [6, 6.07) is 2.99. The summed E-state index contributed by atoms with van der Waals surface area (Å²) in [6.45, 7) is 11.7. The molecule has 1 atom stereocenters. The molecule has 21 heavy (non-hydrogen) atoms. The Balaban J connectivity index is 2.35. The summed E-state index contributed by atoms with van der Waals surface area (Å²) >= 11 is 0. The molecule has 1 rings (SSSR count). The molecule has 1 aliphatic carbocycles. The Morgan fingerprint density at radius 1 is 1.14 bits per heavy atom. The summed E-state index contributed by atoms with van der Waals surface area (Å²) in [4.78, 5) is 2.33. The van der Waals surface area contributed by atoms with Gasteiger partial charge in [-0.25, -0.2) is 0 Å². The third kappa shape index (κ3) is 8.37. The van der Waals surface area contributed by atoms with Crippen molar-refractivity contribution < 1.29 is 9.47 Å². The van der Waals surface area contributed by atoms with Crippen LogP contribution in [0.1, 0.15) is 40.0 Å². The minimum atomic E-state index is -0.420. The van der Waals surface area contributed by atoms with Crippen molar-refractivity contribution in [2.75, 3.05) is 46.1 Å². The van der Waals surface area contributed by atoms with Gasteiger partial charge >= 0.3 is 0 Å². The van der Waals surface area contributed by atoms with E-state index in [9.17, 15) is 5.26 Å². The van der Waals surface area contributed by atoms with Crippen LogP contribution in [0.3, 0.4) is 0 Å². The molecule has 122 valence electrons. The van der Waals surface area contributed by atoms with E-state index in [-0.39, 0.29) is 0 Å². The molecular formula is C16H31N3O2. The maximum atomic E-state index is 9.42. The number of rotatable bonds is 13. The SMILES string of the molecule is CCOCCN(CCOCC)CCC(C)(C#N)NC1CC1. The van der Waals surface area contributed by atoms with E-state index in [2.05, 4.69) is 16.3 Å². The highest BCUT2D eigenvalue weighted by Crippen LogP contribution is 2.23. The number of nitrogens with zero attached hydrogens (tertiary/aromatic N) is 2. The van der Waals surface area contributed by atoms with Crippen LogP contribution in [0.15, 0.2) is 0 Å². The van der Waals surface area contributed by atoms with Gasteiger partial charge in [0, 0.05) is 38.9 Å². The van der Waals surface area contributed by atoms with Gasteiger partial charge in [-0.05, 0) is 40.0 Å². The van der Waals surface area contributed by atoms with Crippen LogP contribution in [-0.2, 0) is 9.47 Å². The van der Waals surface area contributed by atoms with Crippen molar-refractivity contribution in [3.8, 4) is 6.07 Å². The Labute approximate surface area is 129 Å². The van der Waals surface area contributed by atoms with Crippen molar-refractivity contribution in [2.24, 2.45) is 0 Å². The Morgan fingerprint density at radius 2 is 1.71 bits per heavy atom. The quantitative estimate of drug-likeness (QED) is 0.525. The normalized spacial score (nSPS) is 17.7. The first-order chi connectivity index (χ1) is 10.1. The Morgan fingerprint density at radius 3 is 2.14 bits per heavy atom. The topological polar surface area (TPSA) is 57.5 Å². The first-order valence-corrected chi connectivity index (χ1v) is 8.20. The monoisotopic (exact) mass is 297 g/mol. The molecule has 1 fully saturated rings. The van der Waals surface area contributed by atoms with Gasteiger partial charge in [0.05, 0.1) is 19.3 Å². The second-order valence-electron chi connectivity index (χ2n) is 5.85. The fraction of sp³-hybridized carbons (Fsp3) is 0.938. The third-order valence-corrected chi connectivity index (χ3v) is 3.79. The van der Waals surface area contributed by atoms with Gasteiger partial charge in [0.2, 0.25) is 0 Å². The highest BCUT2D eigenvalue weighted by atomic mass is 16.5. The Hall–Kier alpha value is -0.670. The summed E-state index contributed by atoms with van der Waals surface area (Å²) in [7, 11) is 0. The molecule has 0 aromatic heterocycles. The van der Waals surface area contributed by atoms with E-state index in [0.717, 1.165) is 52.5 Å². The molecule has 0 aliphatic heterocycles. The first-order valence-electron chi connectivity index (χ1n) is 8.20. The van der Waals surface area contributed by atoms with E-state index in [4.69, 9.17) is 9.47 Å². The summed E-state index contributed by atoms with van der Waals surface area (Å²) in [6.07, 6.45) is 3.24. The average molecular weight is 297 g/mol. The number of hydrogen-bond donors (Lipinski definition) is 1. The van der Waals surface area contributed by atoms with Gasteiger partial charge in [0.25, 0.3) is 0 Å². The van der Waals surface area contributed by atoms with E-state index >= 15 is 0 Å². The average Bonchev–Trinajstić information content (AvgIpc) is 3.28. The molecule has 1 unspecified atom stereocenters. The van der Waals surface area contributed by atoms with Crippen LogP contribution in [0.2, 0.25) is 0 Å². The van der Waals surface area contributed by atoms with Gasteiger partial charge in [-0.15, -0.1) is 0 Å². The van der Waals surface area contributed by atoms with E-state index < -0.39 is 5.54 Å². The predicted octanol–water partition coefficient (Wildman–Crippen LogP) is 1.79. The van der Waals surface area contributed by atoms with Gasteiger partial charge in [-0.2, -0.15) is 5.26 Å². The zero-order chi connectivity index (χ0) is 15.6. The van der Waals surface area contributed by atoms with Crippen molar-refractivity contribution in [1.82, 2.24) is 10.2 Å². The maximum Gasteiger partial charge on any atom is 0.105 e. The zero-order valence-electron chi connectivity index (χ0n) is 13.9. The molecule has 1 aliphatic rings. The largest absolute Gasteiger partial charge is 0.380 e. The Kier molecular flexibility index (Phi) is 8.86. The van der Waals surface area contributed by atoms with Gasteiger partial charge in [-0.1, -0.05) is 0 Å². The van der Waals surface area contributed by atoms with Crippen molar-refractivity contribution in [1.29, 1.82) is 5.26 Å². The highest BCUT2D eigenvalue weighted by molar-refractivity contribution is 5.07. The predicted molar refractivity (Wildman–Crippen MR) is 84.2 cm³/mol. The molecule has 1 N–H and O–H groups in total. The highest BCUT2D eigenvalue weighted by Gasteiger charge is 2.32. The summed E-state index contributed by atoms with van der Waals surface area (Å²) in [5, 5.41) is 12.9. The molecule has 5 heteroatoms. The molecular weight excluding hydrogens is 266 g/mol. The minimum absolute atomic E-state index is 0.420. The van der Waals surface area contributed by atoms with E-state index in [1.165, 1.54) is 12.8 Å². The molecule has 0 aromatic rings. The lowest BCUT2D eigenvalue weighted by Gasteiger charge is -2.28. The van der Waals surface area contributed by atoms with Crippen LogP contribution in [-0.4, -0.2) is 62.5 Å². The van der Waals surface area contributed by atoms with Crippen LogP contribution < -0.4 is 5.32 Å². The van der Waals surface area contributed by atoms with Gasteiger partial charge in [0.15, 0.2) is 0 Å². The van der Waals surface area contributed by atoms with Crippen molar-refractivity contribution in [3.05, 3.63) is 0 Å². The van der Waals surface area contributed by atoms with Crippen LogP contribution in [0, 0.1) is 11.3 Å². The van der Waals surface area contributed by atoms with E-state index in [1.807, 2.05) is 20.8 Å². The molecule has 0 heterocycles. The lowest BCUT2D eigenvalue weighted by atomic mass is 9.99. The van der Waals surface area contributed by atoms with Gasteiger partial charge in [0.1, 0.15) is 5.54 Å². The molecule has 0 amide bonds. The Bertz CT molecular complexity index is 305. The summed E-state index contributed by atoms with van der Waals surface area (Å²) in [5.74, 6) is 0. The lowest BCUT2D eigenvalue weighted by Crippen LogP contribution is -2.45. The number of nitriles is 1. The van der Waals surface area contributed by atoms with Crippen molar-refractivity contribution >= 4 is 0 Å². The molecule has 0 aromatic carbocycles. The second kappa shape index (κ2) is 10.1. The fourth-order valence-electron chi connectivity index (χ4n) is 2.23. The smallest absolute Gasteiger partial charge is 0.105 e. The fourth-order valence-corrected chi connectivity index (χ4v) is 2.23. The number of ether oxygens (including phenoxy) is 2. The lowest BCUT2D eigenvalue weighted by molar-refractivity contribution is 0.0798. The van der Waals surface area contributed by atoms with Crippen LogP contribution >= 0.6 is 0 Å². The second-order valence-corrected chi connectivity index (χ2v) is 5.85. The zero-order valence-corrected chi connectivity index (χ0v) is 13.9. The van der Waals surface area contributed by atoms with Crippen LogP contribution in [0.25, 0.3) is 0 Å². The van der Waals surface area contributed by atoms with Gasteiger partial charge in [-0.3, -0.25) is 10.2 Å². The van der Waals surface area contributed by atoms with E-state index in [0.29, 0.717) is 6.04 Å². The van der Waals surface area contributed by atoms with Crippen molar-refractivity contribution in [3.63, 3.8) is 0 Å². The standard InChI is InChI=1S/C16H31N3O2/c1-4-20-12-10-19(11-13-21-5-2)9-8-16(3,14-17)18-15-6-7-15/h15,18H,4-13H2,1-3H3. The summed E-state index contributed by atoms with van der Waals surface area (Å²) < 4.78 is 10.9. The van der Waals surface area contributed by atoms with Crippen LogP contribution in [0.4, 0.5) is 0 Å². The van der Waals surface area contributed by atoms with E-state index in [1.54, 1.807) is 0 Å². The molecule has 0 radical (unpaired) electrons.